The van der Waals surface area contributed by atoms with Gasteiger partial charge < -0.3 is 36.0 Å². The van der Waals surface area contributed by atoms with Gasteiger partial charge in [0.05, 0.1) is 13.2 Å². The molecule has 0 spiro atoms. The van der Waals surface area contributed by atoms with Crippen LogP contribution in [0.1, 0.15) is 89.0 Å². The minimum Gasteiger partial charge on any atom is -0.462 e. The van der Waals surface area contributed by atoms with Crippen LogP contribution in [0, 0.1) is 0 Å². The van der Waals surface area contributed by atoms with Crippen LogP contribution in [-0.4, -0.2) is 80.9 Å². The van der Waals surface area contributed by atoms with Crippen LogP contribution in [0.3, 0.4) is 0 Å². The van der Waals surface area contributed by atoms with Gasteiger partial charge in [-0.05, 0) is 89.0 Å². The smallest absolute Gasteiger partial charge is 0.462 e. The Hall–Kier alpha value is -1.39. The fourth-order valence-electron chi connectivity index (χ4n) is 3.49. The minimum atomic E-state index is -2.80. The molecule has 0 unspecified atom stereocenters. The van der Waals surface area contributed by atoms with Crippen molar-refractivity contribution in [3.8, 4) is 0 Å². The van der Waals surface area contributed by atoms with E-state index in [1.165, 1.54) is 0 Å². The highest BCUT2D eigenvalue weighted by Gasteiger charge is 2.43. The summed E-state index contributed by atoms with van der Waals surface area (Å²) in [5.41, 5.74) is 0.807. The van der Waals surface area contributed by atoms with Crippen molar-refractivity contribution < 1.29 is 45.6 Å². The van der Waals surface area contributed by atoms with E-state index in [2.05, 4.69) is 13.2 Å². The zero-order valence-corrected chi connectivity index (χ0v) is 29.6. The summed E-state index contributed by atoms with van der Waals surface area (Å²) in [5, 5.41) is 0. The van der Waals surface area contributed by atoms with Crippen LogP contribution in [0.25, 0.3) is 0 Å². The summed E-state index contributed by atoms with van der Waals surface area (Å²) in [6.45, 7) is 30.2. The molecule has 0 aliphatic rings. The van der Waals surface area contributed by atoms with Gasteiger partial charge in [-0.15, -0.1) is 0 Å². The molecule has 0 aromatic rings. The third kappa shape index (κ3) is 21.0. The second-order valence-electron chi connectivity index (χ2n) is 10.2. The van der Waals surface area contributed by atoms with E-state index >= 15 is 0 Å². The van der Waals surface area contributed by atoms with Crippen LogP contribution in [0.4, 0.5) is 0 Å². The quantitative estimate of drug-likeness (QED) is 0.0595. The van der Waals surface area contributed by atoms with Crippen molar-refractivity contribution in [2.45, 2.75) is 119 Å². The molecule has 0 atom stereocenters. The molecular weight excluding hydrogens is 564 g/mol. The van der Waals surface area contributed by atoms with Gasteiger partial charge in [-0.3, -0.25) is 0 Å². The Balaban J connectivity index is 0. The highest BCUT2D eigenvalue weighted by atomic mass is 28.4. The molecule has 0 saturated carbocycles. The van der Waals surface area contributed by atoms with Crippen molar-refractivity contribution in [2.24, 2.45) is 0 Å². The molecule has 0 N–H and O–H groups in total. The topological polar surface area (TPSA) is 108 Å². The normalized spacial score (nSPS) is 11.9. The van der Waals surface area contributed by atoms with E-state index in [-0.39, 0.29) is 30.3 Å². The number of ether oxygens (including phenoxy) is 2. The number of carbonyl (C=O) groups excluding carboxylic acids is 2. The first kappa shape index (κ1) is 41.7. The first-order chi connectivity index (χ1) is 19.1. The van der Waals surface area contributed by atoms with E-state index in [0.717, 1.165) is 0 Å². The van der Waals surface area contributed by atoms with Crippen molar-refractivity contribution in [3.63, 3.8) is 0 Å². The maximum atomic E-state index is 11.4. The highest BCUT2D eigenvalue weighted by Crippen LogP contribution is 2.24. The van der Waals surface area contributed by atoms with E-state index in [1.54, 1.807) is 13.8 Å². The number of hydrogen-bond acceptors (Lipinski definition) is 10. The Kier molecular flexibility index (Phi) is 23.5. The molecule has 0 saturated heterocycles. The zero-order valence-electron chi connectivity index (χ0n) is 27.6. The summed E-state index contributed by atoms with van der Waals surface area (Å²) < 4.78 is 45.4. The van der Waals surface area contributed by atoms with Crippen molar-refractivity contribution in [1.82, 2.24) is 0 Å². The monoisotopic (exact) mass is 622 g/mol. The van der Waals surface area contributed by atoms with Gasteiger partial charge in [0.1, 0.15) is 0 Å². The molecule has 0 aromatic heterocycles. The van der Waals surface area contributed by atoms with Gasteiger partial charge in [0.25, 0.3) is 0 Å². The average molecular weight is 623 g/mol. The van der Waals surface area contributed by atoms with E-state index in [4.69, 9.17) is 36.0 Å². The largest absolute Gasteiger partial charge is 0.501 e. The third-order valence-electron chi connectivity index (χ3n) is 4.76. The maximum absolute atomic E-state index is 11.4. The van der Waals surface area contributed by atoms with Gasteiger partial charge in [0, 0.05) is 61.4 Å². The van der Waals surface area contributed by atoms with Gasteiger partial charge in [-0.2, -0.15) is 0 Å². The summed E-state index contributed by atoms with van der Waals surface area (Å²) >= 11 is 0. The van der Waals surface area contributed by atoms with Crippen LogP contribution in [0.15, 0.2) is 24.3 Å². The summed E-state index contributed by atoms with van der Waals surface area (Å²) in [6, 6.07) is 1.26. The van der Waals surface area contributed by atoms with E-state index < -0.39 is 17.6 Å². The number of carbonyl (C=O) groups is 2. The van der Waals surface area contributed by atoms with Gasteiger partial charge in [0.15, 0.2) is 0 Å². The van der Waals surface area contributed by atoms with Crippen molar-refractivity contribution in [1.29, 1.82) is 0 Å². The zero-order chi connectivity index (χ0) is 32.1. The van der Waals surface area contributed by atoms with Crippen molar-refractivity contribution in [3.05, 3.63) is 24.3 Å². The molecule has 0 rings (SSSR count). The van der Waals surface area contributed by atoms with E-state index in [1.807, 2.05) is 62.3 Å². The molecule has 10 nitrogen and oxygen atoms in total. The van der Waals surface area contributed by atoms with Crippen molar-refractivity contribution in [2.75, 3.05) is 33.0 Å². The molecule has 0 aromatic carbocycles. The Labute approximate surface area is 251 Å². The first-order valence-corrected chi connectivity index (χ1v) is 18.6. The molecule has 0 bridgehead atoms. The second-order valence-corrected chi connectivity index (χ2v) is 15.5. The predicted molar refractivity (Wildman–Crippen MR) is 165 cm³/mol. The fraction of sp³-hybridized carbons (Fsp3) is 0.793. The van der Waals surface area contributed by atoms with Crippen LogP contribution in [-0.2, 0) is 45.6 Å². The number of rotatable bonds is 22. The van der Waals surface area contributed by atoms with Gasteiger partial charge >= 0.3 is 29.5 Å². The third-order valence-corrected chi connectivity index (χ3v) is 11.4. The molecule has 0 heterocycles. The van der Waals surface area contributed by atoms with E-state index in [9.17, 15) is 9.59 Å². The van der Waals surface area contributed by atoms with Crippen LogP contribution in [0.2, 0.25) is 12.1 Å². The van der Waals surface area contributed by atoms with Gasteiger partial charge in [0.2, 0.25) is 0 Å². The number of esters is 2. The lowest BCUT2D eigenvalue weighted by Gasteiger charge is -2.34. The van der Waals surface area contributed by atoms with Crippen LogP contribution in [0.5, 0.6) is 0 Å². The van der Waals surface area contributed by atoms with Gasteiger partial charge in [-0.25, -0.2) is 9.59 Å². The van der Waals surface area contributed by atoms with E-state index in [0.29, 0.717) is 69.1 Å². The standard InChI is InChI=1S/C16H32O5Si.C13H26O5Si/c1-12(2)16(17)18-10-9-11-22(19-13(3)4,20-14(5)6)21-15(7)8;1-6-16-19(17-7-2,18-8-3)11-9-10-15-13(14)12(4)5/h13-15H,1,9-11H2,2-8H3;4,6-11H2,1-3,5H3. The Morgan fingerprint density at radius 1 is 0.585 bits per heavy atom. The Bertz CT molecular complexity index is 712. The Morgan fingerprint density at radius 3 is 1.12 bits per heavy atom. The predicted octanol–water partition coefficient (Wildman–Crippen LogP) is 6.25. The van der Waals surface area contributed by atoms with Crippen LogP contribution >= 0.6 is 0 Å². The molecule has 0 amide bonds. The maximum Gasteiger partial charge on any atom is 0.501 e. The van der Waals surface area contributed by atoms with Gasteiger partial charge in [-0.1, -0.05) is 13.2 Å². The minimum absolute atomic E-state index is 0.0159. The summed E-state index contributed by atoms with van der Waals surface area (Å²) in [7, 11) is -5.41. The summed E-state index contributed by atoms with van der Waals surface area (Å²) in [4.78, 5) is 22.6. The SMILES string of the molecule is C=C(C)C(=O)OCCC[Si](OC(C)C)(OC(C)C)OC(C)C.C=C(C)C(=O)OCCC[Si](OCC)(OCC)OCC. The second kappa shape index (κ2) is 23.1. The fourth-order valence-corrected chi connectivity index (χ4v) is 9.32. The molecule has 0 aliphatic heterocycles. The molecule has 0 radical (unpaired) electrons. The lowest BCUT2D eigenvalue weighted by atomic mass is 10.4. The lowest BCUT2D eigenvalue weighted by molar-refractivity contribution is -0.139. The van der Waals surface area contributed by atoms with Crippen molar-refractivity contribution >= 4 is 29.5 Å². The average Bonchev–Trinajstić information content (AvgIpc) is 2.83. The highest BCUT2D eigenvalue weighted by molar-refractivity contribution is 6.61. The molecule has 242 valence electrons. The first-order valence-electron chi connectivity index (χ1n) is 14.7. The molecule has 0 aliphatic carbocycles. The molecule has 0 fully saturated rings. The lowest BCUT2D eigenvalue weighted by Crippen LogP contribution is -2.50. The molecule has 41 heavy (non-hydrogen) atoms. The Morgan fingerprint density at radius 2 is 0.878 bits per heavy atom. The number of hydrogen-bond donors (Lipinski definition) is 0. The summed E-state index contributed by atoms with van der Waals surface area (Å²) in [5.74, 6) is -0.733. The summed E-state index contributed by atoms with van der Waals surface area (Å²) in [6.07, 6.45) is 1.34. The van der Waals surface area contributed by atoms with Crippen LogP contribution < -0.4 is 0 Å². The molecule has 12 heteroatoms. The molecular formula is C29H58O10Si2.